The van der Waals surface area contributed by atoms with Gasteiger partial charge < -0.3 is 4.90 Å². The van der Waals surface area contributed by atoms with Crippen molar-refractivity contribution in [2.45, 2.75) is 25.8 Å². The van der Waals surface area contributed by atoms with Gasteiger partial charge in [0.15, 0.2) is 0 Å². The van der Waals surface area contributed by atoms with E-state index in [1.54, 1.807) is 6.20 Å². The van der Waals surface area contributed by atoms with Gasteiger partial charge in [0.25, 0.3) is 0 Å². The van der Waals surface area contributed by atoms with Gasteiger partial charge in [-0.2, -0.15) is 0 Å². The lowest BCUT2D eigenvalue weighted by Crippen LogP contribution is -2.27. The van der Waals surface area contributed by atoms with Gasteiger partial charge >= 0.3 is 0 Å². The first-order valence-electron chi connectivity index (χ1n) is 6.93. The molecule has 20 heavy (non-hydrogen) atoms. The maximum absolute atomic E-state index is 13.1. The van der Waals surface area contributed by atoms with Gasteiger partial charge in [-0.3, -0.25) is 0 Å². The Morgan fingerprint density at radius 2 is 1.90 bits per heavy atom. The first kappa shape index (κ1) is 13.0. The second kappa shape index (κ2) is 5.19. The van der Waals surface area contributed by atoms with E-state index in [0.717, 1.165) is 17.2 Å². The Kier molecular flexibility index (Phi) is 3.38. The molecule has 3 rings (SSSR count). The summed E-state index contributed by atoms with van der Waals surface area (Å²) in [5.41, 5.74) is 2.08. The minimum Gasteiger partial charge on any atom is -0.337 e. The molecule has 1 heterocycles. The highest BCUT2D eigenvalue weighted by molar-refractivity contribution is 5.37. The molecule has 0 aliphatic heterocycles. The predicted octanol–water partition coefficient (Wildman–Crippen LogP) is 3.51. The van der Waals surface area contributed by atoms with E-state index in [-0.39, 0.29) is 11.9 Å². The van der Waals surface area contributed by atoms with E-state index in [1.807, 2.05) is 32.2 Å². The molecule has 3 nitrogen and oxygen atoms in total. The van der Waals surface area contributed by atoms with Crippen molar-refractivity contribution in [2.75, 3.05) is 11.9 Å². The standard InChI is InChI=1S/C16H18FN3/c1-11-9-10-18-16(19-11)20(2)15(12-3-4-12)13-5-7-14(17)8-6-13/h5-10,12,15H,3-4H2,1-2H3. The third kappa shape index (κ3) is 2.64. The van der Waals surface area contributed by atoms with Gasteiger partial charge in [-0.1, -0.05) is 12.1 Å². The lowest BCUT2D eigenvalue weighted by atomic mass is 10.0. The van der Waals surface area contributed by atoms with Crippen molar-refractivity contribution >= 4 is 5.95 Å². The van der Waals surface area contributed by atoms with E-state index in [4.69, 9.17) is 0 Å². The molecule has 1 unspecified atom stereocenters. The Morgan fingerprint density at radius 3 is 2.50 bits per heavy atom. The Bertz CT molecular complexity index is 593. The molecular weight excluding hydrogens is 253 g/mol. The van der Waals surface area contributed by atoms with Crippen LogP contribution in [0.25, 0.3) is 0 Å². The van der Waals surface area contributed by atoms with E-state index in [9.17, 15) is 4.39 Å². The summed E-state index contributed by atoms with van der Waals surface area (Å²) < 4.78 is 13.1. The first-order valence-corrected chi connectivity index (χ1v) is 6.93. The zero-order valence-corrected chi connectivity index (χ0v) is 11.8. The molecule has 2 aromatic rings. The van der Waals surface area contributed by atoms with Crippen LogP contribution in [0.3, 0.4) is 0 Å². The number of rotatable bonds is 4. The molecule has 1 aromatic heterocycles. The van der Waals surface area contributed by atoms with Gasteiger partial charge in [-0.25, -0.2) is 14.4 Å². The highest BCUT2D eigenvalue weighted by Crippen LogP contribution is 2.44. The Morgan fingerprint density at radius 1 is 1.20 bits per heavy atom. The largest absolute Gasteiger partial charge is 0.337 e. The van der Waals surface area contributed by atoms with Crippen LogP contribution >= 0.6 is 0 Å². The molecule has 0 N–H and O–H groups in total. The van der Waals surface area contributed by atoms with E-state index in [1.165, 1.54) is 25.0 Å². The fourth-order valence-corrected chi connectivity index (χ4v) is 2.61. The van der Waals surface area contributed by atoms with Gasteiger partial charge in [0, 0.05) is 18.9 Å². The van der Waals surface area contributed by atoms with E-state index in [2.05, 4.69) is 14.9 Å². The van der Waals surface area contributed by atoms with Gasteiger partial charge in [0.05, 0.1) is 6.04 Å². The SMILES string of the molecule is Cc1ccnc(N(C)C(c2ccc(F)cc2)C2CC2)n1. The topological polar surface area (TPSA) is 29.0 Å². The third-order valence-corrected chi connectivity index (χ3v) is 3.79. The van der Waals surface area contributed by atoms with Crippen LogP contribution in [0.2, 0.25) is 0 Å². The number of hydrogen-bond acceptors (Lipinski definition) is 3. The van der Waals surface area contributed by atoms with Crippen molar-refractivity contribution in [3.05, 3.63) is 53.6 Å². The van der Waals surface area contributed by atoms with Crippen LogP contribution in [0.4, 0.5) is 10.3 Å². The zero-order valence-electron chi connectivity index (χ0n) is 11.8. The van der Waals surface area contributed by atoms with E-state index < -0.39 is 0 Å². The summed E-state index contributed by atoms with van der Waals surface area (Å²) in [6, 6.07) is 8.89. The summed E-state index contributed by atoms with van der Waals surface area (Å²) in [4.78, 5) is 11.0. The summed E-state index contributed by atoms with van der Waals surface area (Å²) in [5, 5.41) is 0. The van der Waals surface area contributed by atoms with Crippen molar-refractivity contribution in [1.82, 2.24) is 9.97 Å². The number of aromatic nitrogens is 2. The van der Waals surface area contributed by atoms with Crippen molar-refractivity contribution in [3.63, 3.8) is 0 Å². The molecule has 1 aliphatic rings. The van der Waals surface area contributed by atoms with Crippen LogP contribution in [0.15, 0.2) is 36.5 Å². The van der Waals surface area contributed by atoms with Crippen LogP contribution in [0.5, 0.6) is 0 Å². The Balaban J connectivity index is 1.92. The minimum absolute atomic E-state index is 0.197. The zero-order chi connectivity index (χ0) is 14.1. The summed E-state index contributed by atoms with van der Waals surface area (Å²) >= 11 is 0. The summed E-state index contributed by atoms with van der Waals surface area (Å²) in [5.74, 6) is 1.14. The van der Waals surface area contributed by atoms with Crippen molar-refractivity contribution < 1.29 is 4.39 Å². The first-order chi connectivity index (χ1) is 9.65. The van der Waals surface area contributed by atoms with Gasteiger partial charge in [0.1, 0.15) is 5.82 Å². The van der Waals surface area contributed by atoms with Crippen molar-refractivity contribution in [2.24, 2.45) is 5.92 Å². The molecule has 4 heteroatoms. The average Bonchev–Trinajstić information content (AvgIpc) is 3.26. The number of halogens is 1. The molecule has 1 aromatic carbocycles. The van der Waals surface area contributed by atoms with E-state index in [0.29, 0.717) is 5.92 Å². The molecule has 1 fully saturated rings. The molecule has 1 saturated carbocycles. The van der Waals surface area contributed by atoms with Gasteiger partial charge in [-0.05, 0) is 49.4 Å². The third-order valence-electron chi connectivity index (χ3n) is 3.79. The Labute approximate surface area is 118 Å². The number of benzene rings is 1. The Hall–Kier alpha value is -1.97. The van der Waals surface area contributed by atoms with Crippen LogP contribution < -0.4 is 4.90 Å². The van der Waals surface area contributed by atoms with Crippen molar-refractivity contribution in [1.29, 1.82) is 0 Å². The smallest absolute Gasteiger partial charge is 0.225 e. The average molecular weight is 271 g/mol. The molecule has 0 radical (unpaired) electrons. The summed E-state index contributed by atoms with van der Waals surface area (Å²) in [6.07, 6.45) is 4.19. The monoisotopic (exact) mass is 271 g/mol. The van der Waals surface area contributed by atoms with Crippen LogP contribution in [-0.4, -0.2) is 17.0 Å². The number of nitrogens with zero attached hydrogens (tertiary/aromatic N) is 3. The predicted molar refractivity (Wildman–Crippen MR) is 77.0 cm³/mol. The molecule has 0 spiro atoms. The van der Waals surface area contributed by atoms with E-state index >= 15 is 0 Å². The highest BCUT2D eigenvalue weighted by atomic mass is 19.1. The molecule has 104 valence electrons. The lowest BCUT2D eigenvalue weighted by molar-refractivity contribution is 0.576. The molecule has 1 atom stereocenters. The molecule has 1 aliphatic carbocycles. The lowest BCUT2D eigenvalue weighted by Gasteiger charge is -2.29. The number of aryl methyl sites for hydroxylation is 1. The maximum Gasteiger partial charge on any atom is 0.225 e. The number of hydrogen-bond donors (Lipinski definition) is 0. The quantitative estimate of drug-likeness (QED) is 0.852. The molecule has 0 saturated heterocycles. The molecule has 0 amide bonds. The van der Waals surface area contributed by atoms with Crippen LogP contribution in [0, 0.1) is 18.7 Å². The molecular formula is C16H18FN3. The fraction of sp³-hybridized carbons (Fsp3) is 0.375. The van der Waals surface area contributed by atoms with Crippen molar-refractivity contribution in [3.8, 4) is 0 Å². The number of anilines is 1. The normalized spacial score (nSPS) is 15.9. The van der Waals surface area contributed by atoms with Crippen LogP contribution in [-0.2, 0) is 0 Å². The van der Waals surface area contributed by atoms with Crippen LogP contribution in [0.1, 0.15) is 30.1 Å². The van der Waals surface area contributed by atoms with Gasteiger partial charge in [-0.15, -0.1) is 0 Å². The van der Waals surface area contributed by atoms with Gasteiger partial charge in [0.2, 0.25) is 5.95 Å². The molecule has 0 bridgehead atoms. The highest BCUT2D eigenvalue weighted by Gasteiger charge is 2.36. The second-order valence-corrected chi connectivity index (χ2v) is 5.44. The minimum atomic E-state index is -0.197. The summed E-state index contributed by atoms with van der Waals surface area (Å²) in [6.45, 7) is 1.96. The summed E-state index contributed by atoms with van der Waals surface area (Å²) in [7, 11) is 2.01. The second-order valence-electron chi connectivity index (χ2n) is 5.44. The fourth-order valence-electron chi connectivity index (χ4n) is 2.61. The maximum atomic E-state index is 13.1.